The maximum atomic E-state index is 12.0. The molecule has 4 rings (SSSR count). The van der Waals surface area contributed by atoms with E-state index in [9.17, 15) is 4.79 Å². The maximum Gasteiger partial charge on any atom is 0.220 e. The summed E-state index contributed by atoms with van der Waals surface area (Å²) in [4.78, 5) is 14.2. The Labute approximate surface area is 164 Å². The fraction of sp³-hybridized carbons (Fsp3) is 0.684. The number of hydrogen-bond donors (Lipinski definition) is 1. The van der Waals surface area contributed by atoms with Crippen LogP contribution in [0.4, 0.5) is 5.82 Å². The summed E-state index contributed by atoms with van der Waals surface area (Å²) in [5, 5.41) is 16.1. The number of nitrogens with zero attached hydrogens (tertiary/aromatic N) is 5. The molecule has 9 heteroatoms. The zero-order chi connectivity index (χ0) is 19.4. The van der Waals surface area contributed by atoms with Crippen LogP contribution in [0.3, 0.4) is 0 Å². The van der Waals surface area contributed by atoms with Crippen molar-refractivity contribution in [3.63, 3.8) is 0 Å². The standard InChI is InChI=1S/C19H28N6O3/c1-2-3-10-20-18(26)7-6-16-22-21-15-4-5-17(23-25(15)16)24-11-8-19(9-12-24)27-13-14-28-19/h4-5H,2-3,6-14H2,1H3,(H,20,26). The van der Waals surface area contributed by atoms with Crippen molar-refractivity contribution in [3.05, 3.63) is 18.0 Å². The number of piperidine rings is 1. The van der Waals surface area contributed by atoms with Crippen LogP contribution in [0.1, 0.15) is 44.9 Å². The van der Waals surface area contributed by atoms with E-state index >= 15 is 0 Å². The second kappa shape index (κ2) is 8.40. The van der Waals surface area contributed by atoms with Gasteiger partial charge in [0.15, 0.2) is 17.3 Å². The van der Waals surface area contributed by atoms with Gasteiger partial charge in [0, 0.05) is 45.3 Å². The van der Waals surface area contributed by atoms with Crippen LogP contribution in [0.2, 0.25) is 0 Å². The molecule has 0 atom stereocenters. The molecule has 2 aromatic rings. The lowest BCUT2D eigenvalue weighted by atomic mass is 10.0. The Hall–Kier alpha value is -2.26. The number of hydrogen-bond acceptors (Lipinski definition) is 7. The van der Waals surface area contributed by atoms with Crippen molar-refractivity contribution in [2.24, 2.45) is 0 Å². The van der Waals surface area contributed by atoms with Crippen molar-refractivity contribution in [1.82, 2.24) is 25.1 Å². The van der Waals surface area contributed by atoms with E-state index in [-0.39, 0.29) is 5.91 Å². The first kappa shape index (κ1) is 19.1. The number of nitrogens with one attached hydrogen (secondary N) is 1. The predicted octanol–water partition coefficient (Wildman–Crippen LogP) is 1.32. The number of aryl methyl sites for hydroxylation is 1. The van der Waals surface area contributed by atoms with Gasteiger partial charge in [-0.2, -0.15) is 4.52 Å². The monoisotopic (exact) mass is 388 g/mol. The fourth-order valence-electron chi connectivity index (χ4n) is 3.73. The Bertz CT molecular complexity index is 807. The molecule has 0 aromatic carbocycles. The van der Waals surface area contributed by atoms with Crippen molar-refractivity contribution >= 4 is 17.4 Å². The summed E-state index contributed by atoms with van der Waals surface area (Å²) in [5.41, 5.74) is 0.695. The Morgan fingerprint density at radius 1 is 1.21 bits per heavy atom. The maximum absolute atomic E-state index is 12.0. The van der Waals surface area contributed by atoms with Gasteiger partial charge in [-0.05, 0) is 18.6 Å². The third-order valence-electron chi connectivity index (χ3n) is 5.40. The van der Waals surface area contributed by atoms with Crippen LogP contribution in [0.25, 0.3) is 5.65 Å². The van der Waals surface area contributed by atoms with Crippen LogP contribution in [0.5, 0.6) is 0 Å². The van der Waals surface area contributed by atoms with Crippen LogP contribution in [-0.2, 0) is 20.7 Å². The zero-order valence-corrected chi connectivity index (χ0v) is 16.4. The van der Waals surface area contributed by atoms with Crippen molar-refractivity contribution < 1.29 is 14.3 Å². The van der Waals surface area contributed by atoms with E-state index in [1.54, 1.807) is 4.52 Å². The first-order chi connectivity index (χ1) is 13.7. The van der Waals surface area contributed by atoms with E-state index in [1.165, 1.54) is 0 Å². The zero-order valence-electron chi connectivity index (χ0n) is 16.4. The van der Waals surface area contributed by atoms with Gasteiger partial charge in [-0.3, -0.25) is 4.79 Å². The fourth-order valence-corrected chi connectivity index (χ4v) is 3.73. The van der Waals surface area contributed by atoms with Gasteiger partial charge in [0.1, 0.15) is 5.82 Å². The smallest absolute Gasteiger partial charge is 0.220 e. The molecule has 2 aliphatic heterocycles. The highest BCUT2D eigenvalue weighted by Crippen LogP contribution is 2.32. The quantitative estimate of drug-likeness (QED) is 0.715. The molecule has 0 bridgehead atoms. The Morgan fingerprint density at radius 2 is 2.00 bits per heavy atom. The first-order valence-corrected chi connectivity index (χ1v) is 10.2. The van der Waals surface area contributed by atoms with Crippen LogP contribution in [0.15, 0.2) is 12.1 Å². The van der Waals surface area contributed by atoms with Gasteiger partial charge in [-0.15, -0.1) is 15.3 Å². The summed E-state index contributed by atoms with van der Waals surface area (Å²) in [6.45, 7) is 5.85. The van der Waals surface area contributed by atoms with Crippen LogP contribution >= 0.6 is 0 Å². The largest absolute Gasteiger partial charge is 0.356 e. The molecule has 2 aliphatic rings. The first-order valence-electron chi connectivity index (χ1n) is 10.2. The Kier molecular flexibility index (Phi) is 5.72. The van der Waals surface area contributed by atoms with Gasteiger partial charge in [0.05, 0.1) is 13.2 Å². The van der Waals surface area contributed by atoms with Crippen molar-refractivity contribution in [1.29, 1.82) is 0 Å². The summed E-state index contributed by atoms with van der Waals surface area (Å²) in [6, 6.07) is 3.90. The van der Waals surface area contributed by atoms with Gasteiger partial charge in [-0.1, -0.05) is 13.3 Å². The second-order valence-corrected chi connectivity index (χ2v) is 7.38. The lowest BCUT2D eigenvalue weighted by Gasteiger charge is -2.38. The molecule has 152 valence electrons. The molecule has 2 fully saturated rings. The molecule has 2 saturated heterocycles. The molecule has 1 N–H and O–H groups in total. The van der Waals surface area contributed by atoms with Gasteiger partial charge in [0.2, 0.25) is 5.91 Å². The topological polar surface area (TPSA) is 93.9 Å². The molecule has 0 aliphatic carbocycles. The van der Waals surface area contributed by atoms with Crippen LogP contribution in [0, 0.1) is 0 Å². The summed E-state index contributed by atoms with van der Waals surface area (Å²) < 4.78 is 13.4. The Balaban J connectivity index is 1.39. The van der Waals surface area contributed by atoms with Crippen molar-refractivity contribution in [3.8, 4) is 0 Å². The number of unbranched alkanes of at least 4 members (excludes halogenated alkanes) is 1. The molecular formula is C19H28N6O3. The molecular weight excluding hydrogens is 360 g/mol. The van der Waals surface area contributed by atoms with Gasteiger partial charge in [-0.25, -0.2) is 0 Å². The normalized spacial score (nSPS) is 18.8. The van der Waals surface area contributed by atoms with Gasteiger partial charge < -0.3 is 19.7 Å². The lowest BCUT2D eigenvalue weighted by Crippen LogP contribution is -2.45. The molecule has 4 heterocycles. The van der Waals surface area contributed by atoms with Crippen molar-refractivity contribution in [2.75, 3.05) is 37.7 Å². The van der Waals surface area contributed by atoms with E-state index in [1.807, 2.05) is 12.1 Å². The third-order valence-corrected chi connectivity index (χ3v) is 5.40. The second-order valence-electron chi connectivity index (χ2n) is 7.38. The molecule has 0 saturated carbocycles. The van der Waals surface area contributed by atoms with E-state index in [0.29, 0.717) is 37.5 Å². The molecule has 1 amide bonds. The molecule has 9 nitrogen and oxygen atoms in total. The minimum absolute atomic E-state index is 0.0410. The van der Waals surface area contributed by atoms with Gasteiger partial charge >= 0.3 is 0 Å². The van der Waals surface area contributed by atoms with E-state index in [0.717, 1.165) is 51.1 Å². The van der Waals surface area contributed by atoms with E-state index in [4.69, 9.17) is 14.6 Å². The number of anilines is 1. The van der Waals surface area contributed by atoms with Crippen LogP contribution < -0.4 is 10.2 Å². The minimum Gasteiger partial charge on any atom is -0.356 e. The molecule has 2 aromatic heterocycles. The highest BCUT2D eigenvalue weighted by atomic mass is 16.7. The predicted molar refractivity (Wildman–Crippen MR) is 103 cm³/mol. The molecule has 0 radical (unpaired) electrons. The van der Waals surface area contributed by atoms with E-state index in [2.05, 4.69) is 27.3 Å². The van der Waals surface area contributed by atoms with Crippen molar-refractivity contribution in [2.45, 2.75) is 51.2 Å². The highest BCUT2D eigenvalue weighted by molar-refractivity contribution is 5.76. The number of rotatable bonds is 7. The molecule has 28 heavy (non-hydrogen) atoms. The molecule has 0 unspecified atom stereocenters. The summed E-state index contributed by atoms with van der Waals surface area (Å²) >= 11 is 0. The SMILES string of the molecule is CCCCNC(=O)CCc1nnc2ccc(N3CCC4(CC3)OCCO4)nn12. The number of amides is 1. The average molecular weight is 388 g/mol. The minimum atomic E-state index is -0.395. The number of fused-ring (bicyclic) bond motifs is 1. The molecule has 1 spiro atoms. The average Bonchev–Trinajstić information content (AvgIpc) is 3.34. The number of aromatic nitrogens is 4. The number of carbonyl (C=O) groups excluding carboxylic acids is 1. The lowest BCUT2D eigenvalue weighted by molar-refractivity contribution is -0.169. The summed E-state index contributed by atoms with van der Waals surface area (Å²) in [5.74, 6) is 1.24. The van der Waals surface area contributed by atoms with Gasteiger partial charge in [0.25, 0.3) is 0 Å². The highest BCUT2D eigenvalue weighted by Gasteiger charge is 2.40. The number of ether oxygens (including phenoxy) is 2. The van der Waals surface area contributed by atoms with E-state index < -0.39 is 5.79 Å². The van der Waals surface area contributed by atoms with Crippen LogP contribution in [-0.4, -0.2) is 64.4 Å². The summed E-state index contributed by atoms with van der Waals surface area (Å²) in [7, 11) is 0. The summed E-state index contributed by atoms with van der Waals surface area (Å²) in [6.07, 6.45) is 4.63. The number of carbonyl (C=O) groups is 1. The third kappa shape index (κ3) is 4.10. The Morgan fingerprint density at radius 3 is 2.75 bits per heavy atom.